The summed E-state index contributed by atoms with van der Waals surface area (Å²) < 4.78 is 10.9. The van der Waals surface area contributed by atoms with Crippen LogP contribution in [0.25, 0.3) is 121 Å². The van der Waals surface area contributed by atoms with Crippen LogP contribution in [0.2, 0.25) is 0 Å². The molecule has 0 aliphatic heterocycles. The van der Waals surface area contributed by atoms with Gasteiger partial charge in [0, 0.05) is 43.6 Å². The highest BCUT2D eigenvalue weighted by molar-refractivity contribution is 6.26. The van der Waals surface area contributed by atoms with E-state index < -0.39 is 0 Å². The van der Waals surface area contributed by atoms with Crippen LogP contribution in [-0.2, 0) is 0 Å². The molecular weight excluding hydrogens is 695 g/mol. The second-order valence-electron chi connectivity index (χ2n) is 15.1. The number of hydrogen-bond donors (Lipinski definition) is 0. The molecule has 264 valence electrons. The highest BCUT2D eigenvalue weighted by atomic mass is 16.3. The van der Waals surface area contributed by atoms with Crippen molar-refractivity contribution in [3.05, 3.63) is 188 Å². The van der Waals surface area contributed by atoms with Gasteiger partial charge in [-0.25, -0.2) is 4.98 Å². The zero-order valence-corrected chi connectivity index (χ0v) is 30.6. The Morgan fingerprint density at radius 1 is 0.316 bits per heavy atom. The molecule has 57 heavy (non-hydrogen) atoms. The molecular formula is C53H31N3O. The lowest BCUT2D eigenvalue weighted by molar-refractivity contribution is 0.669. The predicted molar refractivity (Wildman–Crippen MR) is 238 cm³/mol. The summed E-state index contributed by atoms with van der Waals surface area (Å²) >= 11 is 0. The maximum Gasteiger partial charge on any atom is 0.138 e. The SMILES string of the molecule is c1cc(-c2ccc3oc4ccccc4c3c2)nc(-n2c3ccccc3c3cc4c5ccccc5n(-c5ccc6c7ccccc7c7ccccc7c6c5)c4cc32)c1. The van der Waals surface area contributed by atoms with Gasteiger partial charge < -0.3 is 8.98 Å². The lowest BCUT2D eigenvalue weighted by atomic mass is 9.94. The molecule has 0 N–H and O–H groups in total. The highest BCUT2D eigenvalue weighted by Crippen LogP contribution is 2.42. The van der Waals surface area contributed by atoms with Gasteiger partial charge >= 0.3 is 0 Å². The number of hydrogen-bond acceptors (Lipinski definition) is 2. The average molecular weight is 726 g/mol. The topological polar surface area (TPSA) is 35.9 Å². The number of fused-ring (bicyclic) bond motifs is 15. The van der Waals surface area contributed by atoms with Crippen LogP contribution in [0.15, 0.2) is 192 Å². The normalized spacial score (nSPS) is 12.2. The molecule has 4 nitrogen and oxygen atoms in total. The van der Waals surface area contributed by atoms with Crippen molar-refractivity contribution in [1.29, 1.82) is 0 Å². The van der Waals surface area contributed by atoms with Crippen molar-refractivity contribution in [3.63, 3.8) is 0 Å². The van der Waals surface area contributed by atoms with E-state index in [-0.39, 0.29) is 0 Å². The number of nitrogens with zero attached hydrogens (tertiary/aromatic N) is 3. The molecule has 0 fully saturated rings. The summed E-state index contributed by atoms with van der Waals surface area (Å²) in [6.45, 7) is 0. The molecule has 0 amide bonds. The minimum atomic E-state index is 0.877. The first kappa shape index (κ1) is 30.6. The van der Waals surface area contributed by atoms with Gasteiger partial charge in [0.15, 0.2) is 0 Å². The van der Waals surface area contributed by atoms with Gasteiger partial charge in [-0.15, -0.1) is 0 Å². The van der Waals surface area contributed by atoms with E-state index in [0.29, 0.717) is 0 Å². The molecule has 4 aromatic heterocycles. The van der Waals surface area contributed by atoms with Crippen molar-refractivity contribution in [2.24, 2.45) is 0 Å². The van der Waals surface area contributed by atoms with Crippen LogP contribution in [0.4, 0.5) is 0 Å². The zero-order valence-electron chi connectivity index (χ0n) is 30.6. The second kappa shape index (κ2) is 11.4. The van der Waals surface area contributed by atoms with Gasteiger partial charge in [-0.05, 0) is 105 Å². The quantitative estimate of drug-likeness (QED) is 0.170. The first-order chi connectivity index (χ1) is 28.3. The van der Waals surface area contributed by atoms with E-state index in [2.05, 4.69) is 185 Å². The van der Waals surface area contributed by atoms with Crippen LogP contribution in [-0.4, -0.2) is 14.1 Å². The van der Waals surface area contributed by atoms with Crippen molar-refractivity contribution in [1.82, 2.24) is 14.1 Å². The Morgan fingerprint density at radius 2 is 0.877 bits per heavy atom. The first-order valence-electron chi connectivity index (χ1n) is 19.5. The standard InChI is InChI=1S/C53H31N3O/c1-2-14-36-34(12-1)35-13-3-4-15-37(35)42-29-33(25-26-38(36)42)55-47-20-8-5-16-39(47)43-30-44-40-17-6-9-21-48(40)56(50(44)31-49(43)55)53-23-11-19-46(54-53)32-24-27-52-45(28-32)41-18-7-10-22-51(41)57-52/h1-31H. The van der Waals surface area contributed by atoms with Crippen LogP contribution >= 0.6 is 0 Å². The molecule has 13 rings (SSSR count). The molecule has 0 saturated carbocycles. The van der Waals surface area contributed by atoms with E-state index in [9.17, 15) is 0 Å². The molecule has 13 aromatic rings. The average Bonchev–Trinajstić information content (AvgIpc) is 3.92. The summed E-state index contributed by atoms with van der Waals surface area (Å²) in [7, 11) is 0. The Bertz CT molecular complexity index is 3790. The number of aromatic nitrogens is 3. The van der Waals surface area contributed by atoms with E-state index in [4.69, 9.17) is 9.40 Å². The lowest BCUT2D eigenvalue weighted by Gasteiger charge is -2.14. The Hall–Kier alpha value is -7.69. The predicted octanol–water partition coefficient (Wildman–Crippen LogP) is 14.3. The summed E-state index contributed by atoms with van der Waals surface area (Å²) in [4.78, 5) is 5.37. The minimum absolute atomic E-state index is 0.877. The van der Waals surface area contributed by atoms with E-state index >= 15 is 0 Å². The maximum absolute atomic E-state index is 6.15. The van der Waals surface area contributed by atoms with Crippen LogP contribution in [0, 0.1) is 0 Å². The van der Waals surface area contributed by atoms with Gasteiger partial charge in [0.2, 0.25) is 0 Å². The molecule has 4 heteroatoms. The van der Waals surface area contributed by atoms with Crippen LogP contribution in [0.3, 0.4) is 0 Å². The molecule has 0 radical (unpaired) electrons. The van der Waals surface area contributed by atoms with Crippen molar-refractivity contribution < 1.29 is 4.42 Å². The molecule has 0 bridgehead atoms. The summed E-state index contributed by atoms with van der Waals surface area (Å²) in [6.07, 6.45) is 0. The van der Waals surface area contributed by atoms with E-state index in [1.807, 2.05) is 12.1 Å². The van der Waals surface area contributed by atoms with Gasteiger partial charge in [-0.2, -0.15) is 0 Å². The molecule has 4 heterocycles. The molecule has 0 aliphatic rings. The third-order valence-corrected chi connectivity index (χ3v) is 12.1. The number of benzene rings is 9. The smallest absolute Gasteiger partial charge is 0.138 e. The molecule has 0 aliphatic carbocycles. The third kappa shape index (κ3) is 4.30. The Kier molecular flexibility index (Phi) is 6.13. The molecule has 0 saturated heterocycles. The summed E-state index contributed by atoms with van der Waals surface area (Å²) in [5.74, 6) is 0.877. The van der Waals surface area contributed by atoms with Crippen LogP contribution in [0.1, 0.15) is 0 Å². The van der Waals surface area contributed by atoms with E-state index in [1.165, 1.54) is 59.4 Å². The van der Waals surface area contributed by atoms with Crippen LogP contribution in [0.5, 0.6) is 0 Å². The van der Waals surface area contributed by atoms with Crippen molar-refractivity contribution >= 4 is 97.9 Å². The van der Waals surface area contributed by atoms with Crippen LogP contribution < -0.4 is 0 Å². The third-order valence-electron chi connectivity index (χ3n) is 12.1. The second-order valence-corrected chi connectivity index (χ2v) is 15.1. The Balaban J connectivity index is 1.07. The summed E-state index contributed by atoms with van der Waals surface area (Å²) in [5.41, 5.74) is 9.46. The fourth-order valence-corrected chi connectivity index (χ4v) is 9.58. The molecule has 0 spiro atoms. The monoisotopic (exact) mass is 725 g/mol. The number of para-hydroxylation sites is 3. The van der Waals surface area contributed by atoms with Gasteiger partial charge in [0.1, 0.15) is 17.0 Å². The number of pyridine rings is 1. The lowest BCUT2D eigenvalue weighted by Crippen LogP contribution is -1.99. The van der Waals surface area contributed by atoms with Gasteiger partial charge in [-0.1, -0.05) is 115 Å². The zero-order chi connectivity index (χ0) is 37.2. The first-order valence-corrected chi connectivity index (χ1v) is 19.5. The highest BCUT2D eigenvalue weighted by Gasteiger charge is 2.20. The van der Waals surface area contributed by atoms with E-state index in [0.717, 1.165) is 61.3 Å². The van der Waals surface area contributed by atoms with Crippen molar-refractivity contribution in [3.8, 4) is 22.8 Å². The molecule has 0 atom stereocenters. The molecule has 9 aromatic carbocycles. The fourth-order valence-electron chi connectivity index (χ4n) is 9.58. The maximum atomic E-state index is 6.15. The van der Waals surface area contributed by atoms with Crippen molar-refractivity contribution in [2.75, 3.05) is 0 Å². The van der Waals surface area contributed by atoms with Gasteiger partial charge in [-0.3, -0.25) is 4.57 Å². The number of rotatable bonds is 3. The fraction of sp³-hybridized carbons (Fsp3) is 0. The van der Waals surface area contributed by atoms with Gasteiger partial charge in [0.05, 0.1) is 27.8 Å². The number of furan rings is 1. The van der Waals surface area contributed by atoms with E-state index in [1.54, 1.807) is 0 Å². The molecule has 0 unspecified atom stereocenters. The largest absolute Gasteiger partial charge is 0.456 e. The van der Waals surface area contributed by atoms with Crippen molar-refractivity contribution in [2.45, 2.75) is 0 Å². The Morgan fingerprint density at radius 3 is 1.60 bits per heavy atom. The minimum Gasteiger partial charge on any atom is -0.456 e. The summed E-state index contributed by atoms with van der Waals surface area (Å²) in [5, 5.41) is 14.7. The summed E-state index contributed by atoms with van der Waals surface area (Å²) in [6, 6.07) is 67.8. The van der Waals surface area contributed by atoms with Gasteiger partial charge in [0.25, 0.3) is 0 Å². The Labute approximate surface area is 326 Å².